The van der Waals surface area contributed by atoms with Crippen LogP contribution in [0.2, 0.25) is 0 Å². The molecule has 1 aromatic heterocycles. The SMILES string of the molecule is COc1ccc(-c2cc(=O)c3c(O)c([C@H]4O[C@H](CO)[C@@H](O)[C@@H](O)[C@@H]4O[C@@H]4O[C@@H](C)[C@H](O)[C@@H](O)[C@@H]4OC(C)=O)c(OC)cc3o2)cc1. The van der Waals surface area contributed by atoms with E-state index < -0.39 is 85.0 Å². The quantitative estimate of drug-likeness (QED) is 0.179. The molecule has 2 fully saturated rings. The molecule has 15 heteroatoms. The van der Waals surface area contributed by atoms with Gasteiger partial charge in [-0.25, -0.2) is 0 Å². The van der Waals surface area contributed by atoms with Crippen molar-refractivity contribution in [2.24, 2.45) is 0 Å². The minimum absolute atomic E-state index is 0.0551. The summed E-state index contributed by atoms with van der Waals surface area (Å²) in [5.41, 5.74) is -0.356. The number of aromatic hydroxyl groups is 1. The van der Waals surface area contributed by atoms with Crippen LogP contribution in [0.25, 0.3) is 22.3 Å². The van der Waals surface area contributed by atoms with Gasteiger partial charge in [0.2, 0.25) is 0 Å². The van der Waals surface area contributed by atoms with Gasteiger partial charge in [0.1, 0.15) is 76.7 Å². The molecule has 250 valence electrons. The molecule has 0 spiro atoms. The topological polar surface area (TPSA) is 224 Å². The third-order valence-corrected chi connectivity index (χ3v) is 8.12. The summed E-state index contributed by atoms with van der Waals surface area (Å²) in [7, 11) is 2.78. The lowest BCUT2D eigenvalue weighted by Gasteiger charge is -2.46. The van der Waals surface area contributed by atoms with E-state index in [0.717, 1.165) is 6.92 Å². The fourth-order valence-electron chi connectivity index (χ4n) is 5.69. The highest BCUT2D eigenvalue weighted by Gasteiger charge is 2.52. The number of rotatable bonds is 8. The van der Waals surface area contributed by atoms with Crippen molar-refractivity contribution in [1.82, 2.24) is 0 Å². The Kier molecular flexibility index (Phi) is 9.86. The maximum Gasteiger partial charge on any atom is 0.303 e. The van der Waals surface area contributed by atoms with Crippen LogP contribution in [0.15, 0.2) is 45.6 Å². The van der Waals surface area contributed by atoms with E-state index in [-0.39, 0.29) is 28.0 Å². The summed E-state index contributed by atoms with van der Waals surface area (Å²) < 4.78 is 39.5. The van der Waals surface area contributed by atoms with Crippen LogP contribution in [-0.2, 0) is 23.7 Å². The number of fused-ring (bicyclic) bond motifs is 1. The van der Waals surface area contributed by atoms with E-state index in [1.54, 1.807) is 24.3 Å². The Morgan fingerprint density at radius 1 is 0.913 bits per heavy atom. The molecule has 10 atom stereocenters. The van der Waals surface area contributed by atoms with Crippen molar-refractivity contribution < 1.29 is 68.3 Å². The molecular weight excluding hydrogens is 612 g/mol. The van der Waals surface area contributed by atoms with Crippen LogP contribution in [0.4, 0.5) is 0 Å². The number of phenolic OH excluding ortho intramolecular Hbond substituents is 1. The standard InChI is InChI=1S/C31H36O15/c1-12-23(35)26(38)30(43-13(2)33)31(42-12)46-29-27(39)24(36)20(11-32)45-28(29)22-18(41-4)10-19-21(25(22)37)16(34)9-17(44-19)14-5-7-15(40-3)8-6-14/h5-10,12,20,23-24,26-32,35-39H,11H2,1-4H3/t12-,20+,23-,24+,26+,27+,28+,29-,30-,31-/m0/s1. The normalized spacial score (nSPS) is 31.4. The fourth-order valence-corrected chi connectivity index (χ4v) is 5.69. The van der Waals surface area contributed by atoms with Crippen LogP contribution in [0.1, 0.15) is 25.5 Å². The molecule has 0 bridgehead atoms. The predicted molar refractivity (Wildman–Crippen MR) is 156 cm³/mol. The highest BCUT2D eigenvalue weighted by atomic mass is 16.7. The minimum atomic E-state index is -1.83. The molecule has 3 aromatic rings. The Labute approximate surface area is 262 Å². The molecule has 2 aromatic carbocycles. The molecule has 0 saturated carbocycles. The van der Waals surface area contributed by atoms with Crippen LogP contribution in [0, 0.1) is 0 Å². The molecule has 5 rings (SSSR count). The van der Waals surface area contributed by atoms with Crippen molar-refractivity contribution in [3.05, 3.63) is 52.2 Å². The second-order valence-electron chi connectivity index (χ2n) is 11.0. The lowest BCUT2D eigenvalue weighted by atomic mass is 9.89. The molecule has 46 heavy (non-hydrogen) atoms. The summed E-state index contributed by atoms with van der Waals surface area (Å²) in [5, 5.41) is 64.2. The molecule has 0 amide bonds. The average Bonchev–Trinajstić information content (AvgIpc) is 3.03. The maximum atomic E-state index is 13.4. The monoisotopic (exact) mass is 648 g/mol. The number of esters is 1. The molecule has 6 N–H and O–H groups in total. The van der Waals surface area contributed by atoms with Gasteiger partial charge in [0.25, 0.3) is 0 Å². The summed E-state index contributed by atoms with van der Waals surface area (Å²) in [6.45, 7) is 1.73. The van der Waals surface area contributed by atoms with Gasteiger partial charge in [-0.15, -0.1) is 0 Å². The number of benzene rings is 2. The van der Waals surface area contributed by atoms with Gasteiger partial charge in [-0.05, 0) is 31.2 Å². The van der Waals surface area contributed by atoms with E-state index in [2.05, 4.69) is 0 Å². The van der Waals surface area contributed by atoms with Crippen molar-refractivity contribution in [2.45, 2.75) is 75.1 Å². The van der Waals surface area contributed by atoms with Gasteiger partial charge in [-0.2, -0.15) is 0 Å². The van der Waals surface area contributed by atoms with Crippen molar-refractivity contribution in [2.75, 3.05) is 20.8 Å². The molecule has 0 aliphatic carbocycles. The second-order valence-corrected chi connectivity index (χ2v) is 11.0. The Hall–Kier alpha value is -3.80. The van der Waals surface area contributed by atoms with E-state index in [1.807, 2.05) is 0 Å². The first-order valence-corrected chi connectivity index (χ1v) is 14.4. The zero-order valence-corrected chi connectivity index (χ0v) is 25.3. The number of ether oxygens (including phenoxy) is 6. The van der Waals surface area contributed by atoms with E-state index in [4.69, 9.17) is 32.8 Å². The van der Waals surface area contributed by atoms with Crippen molar-refractivity contribution in [3.63, 3.8) is 0 Å². The smallest absolute Gasteiger partial charge is 0.303 e. The third-order valence-electron chi connectivity index (χ3n) is 8.12. The summed E-state index contributed by atoms with van der Waals surface area (Å²) in [5.74, 6) is -0.803. The van der Waals surface area contributed by atoms with Gasteiger partial charge in [0, 0.05) is 24.6 Å². The van der Waals surface area contributed by atoms with E-state index in [9.17, 15) is 40.2 Å². The van der Waals surface area contributed by atoms with Crippen molar-refractivity contribution in [1.29, 1.82) is 0 Å². The minimum Gasteiger partial charge on any atom is -0.506 e. The zero-order valence-electron chi connectivity index (χ0n) is 25.3. The van der Waals surface area contributed by atoms with E-state index in [1.165, 1.54) is 33.3 Å². The first-order chi connectivity index (χ1) is 21.9. The van der Waals surface area contributed by atoms with Crippen LogP contribution < -0.4 is 14.9 Å². The lowest BCUT2D eigenvalue weighted by Crippen LogP contribution is -2.62. The number of carbonyl (C=O) groups excluding carboxylic acids is 1. The summed E-state index contributed by atoms with van der Waals surface area (Å²) in [6, 6.07) is 9.23. The largest absolute Gasteiger partial charge is 0.506 e. The number of hydrogen-bond acceptors (Lipinski definition) is 15. The Morgan fingerprint density at radius 2 is 1.59 bits per heavy atom. The van der Waals surface area contributed by atoms with Crippen LogP contribution >= 0.6 is 0 Å². The number of phenols is 1. The first kappa shape index (κ1) is 33.6. The molecule has 2 aliphatic heterocycles. The Morgan fingerprint density at radius 3 is 2.20 bits per heavy atom. The summed E-state index contributed by atoms with van der Waals surface area (Å²) >= 11 is 0. The number of aliphatic hydroxyl groups excluding tert-OH is 5. The summed E-state index contributed by atoms with van der Waals surface area (Å²) in [4.78, 5) is 25.3. The third kappa shape index (κ3) is 6.15. The second kappa shape index (κ2) is 13.5. The van der Waals surface area contributed by atoms with Gasteiger partial charge in [0.05, 0.1) is 32.5 Å². The van der Waals surface area contributed by atoms with Crippen molar-refractivity contribution >= 4 is 16.9 Å². The highest BCUT2D eigenvalue weighted by Crippen LogP contribution is 2.46. The molecule has 15 nitrogen and oxygen atoms in total. The summed E-state index contributed by atoms with van der Waals surface area (Å²) in [6.07, 6.45) is -15.5. The molecule has 3 heterocycles. The van der Waals surface area contributed by atoms with Gasteiger partial charge >= 0.3 is 5.97 Å². The highest BCUT2D eigenvalue weighted by molar-refractivity contribution is 5.88. The number of carbonyl (C=O) groups is 1. The maximum absolute atomic E-state index is 13.4. The molecular formula is C31H36O15. The van der Waals surface area contributed by atoms with Crippen molar-refractivity contribution in [3.8, 4) is 28.6 Å². The van der Waals surface area contributed by atoms with Gasteiger partial charge in [-0.1, -0.05) is 0 Å². The number of methoxy groups -OCH3 is 2. The van der Waals surface area contributed by atoms with Crippen LogP contribution in [-0.4, -0.2) is 113 Å². The average molecular weight is 649 g/mol. The van der Waals surface area contributed by atoms with Crippen LogP contribution in [0.5, 0.6) is 17.2 Å². The number of hydrogen-bond donors (Lipinski definition) is 6. The molecule has 2 aliphatic rings. The van der Waals surface area contributed by atoms with E-state index >= 15 is 0 Å². The van der Waals surface area contributed by atoms with Gasteiger partial charge in [-0.3, -0.25) is 9.59 Å². The zero-order chi connectivity index (χ0) is 33.4. The number of aliphatic hydroxyl groups is 5. The molecule has 2 saturated heterocycles. The Bertz CT molecular complexity index is 1600. The molecule has 0 radical (unpaired) electrons. The van der Waals surface area contributed by atoms with E-state index in [0.29, 0.717) is 11.3 Å². The van der Waals surface area contributed by atoms with Crippen LogP contribution in [0.3, 0.4) is 0 Å². The van der Waals surface area contributed by atoms with Gasteiger partial charge in [0.15, 0.2) is 17.8 Å². The lowest BCUT2D eigenvalue weighted by molar-refractivity contribution is -0.339. The predicted octanol–water partition coefficient (Wildman–Crippen LogP) is 0.120. The molecule has 0 unspecified atom stereocenters. The van der Waals surface area contributed by atoms with Gasteiger partial charge < -0.3 is 63.5 Å². The first-order valence-electron chi connectivity index (χ1n) is 14.4. The fraction of sp³-hybridized carbons (Fsp3) is 0.484. The Balaban J connectivity index is 1.61.